The molecule has 1 fully saturated rings. The maximum atomic E-state index is 11.9. The highest BCUT2D eigenvalue weighted by Gasteiger charge is 2.37. The standard InChI is InChI=1S/C12H22F2N2O2/c1-9-3-2-4-12(15,7-9)11(17)16-5-6-18-8-10(13)14/h9-10H,2-8,15H2,1H3,(H,16,17). The van der Waals surface area contributed by atoms with E-state index in [-0.39, 0.29) is 19.1 Å². The van der Waals surface area contributed by atoms with E-state index in [2.05, 4.69) is 17.0 Å². The van der Waals surface area contributed by atoms with Crippen molar-refractivity contribution >= 4 is 5.91 Å². The molecule has 2 unspecified atom stereocenters. The summed E-state index contributed by atoms with van der Waals surface area (Å²) in [7, 11) is 0. The Morgan fingerprint density at radius 2 is 2.33 bits per heavy atom. The molecule has 6 heteroatoms. The van der Waals surface area contributed by atoms with E-state index in [9.17, 15) is 13.6 Å². The van der Waals surface area contributed by atoms with Gasteiger partial charge in [0.25, 0.3) is 6.43 Å². The molecule has 0 aromatic heterocycles. The first-order valence-electron chi connectivity index (χ1n) is 6.37. The van der Waals surface area contributed by atoms with E-state index in [1.807, 2.05) is 0 Å². The molecule has 0 heterocycles. The lowest BCUT2D eigenvalue weighted by atomic mass is 9.76. The van der Waals surface area contributed by atoms with Gasteiger partial charge in [0.2, 0.25) is 5.91 Å². The number of rotatable bonds is 6. The van der Waals surface area contributed by atoms with Crippen molar-refractivity contribution in [3.05, 3.63) is 0 Å². The number of alkyl halides is 2. The monoisotopic (exact) mass is 264 g/mol. The van der Waals surface area contributed by atoms with E-state index in [0.29, 0.717) is 18.8 Å². The van der Waals surface area contributed by atoms with Crippen LogP contribution >= 0.6 is 0 Å². The second-order valence-electron chi connectivity index (χ2n) is 5.08. The topological polar surface area (TPSA) is 64.4 Å². The molecule has 1 saturated carbocycles. The number of nitrogens with one attached hydrogen (secondary N) is 1. The molecule has 0 saturated heterocycles. The van der Waals surface area contributed by atoms with Crippen molar-refractivity contribution in [2.24, 2.45) is 11.7 Å². The molecule has 3 N–H and O–H groups in total. The van der Waals surface area contributed by atoms with Crippen LogP contribution in [0, 0.1) is 5.92 Å². The van der Waals surface area contributed by atoms with Crippen LogP contribution < -0.4 is 11.1 Å². The third-order valence-electron chi connectivity index (χ3n) is 3.26. The van der Waals surface area contributed by atoms with Gasteiger partial charge in [-0.05, 0) is 18.8 Å². The molecule has 0 aliphatic heterocycles. The SMILES string of the molecule is CC1CCCC(N)(C(=O)NCCOCC(F)F)C1. The summed E-state index contributed by atoms with van der Waals surface area (Å²) in [4.78, 5) is 11.9. The van der Waals surface area contributed by atoms with Crippen LogP contribution in [0.3, 0.4) is 0 Å². The second kappa shape index (κ2) is 6.99. The maximum Gasteiger partial charge on any atom is 0.261 e. The second-order valence-corrected chi connectivity index (χ2v) is 5.08. The van der Waals surface area contributed by atoms with E-state index in [1.165, 1.54) is 0 Å². The summed E-state index contributed by atoms with van der Waals surface area (Å²) in [5, 5.41) is 2.65. The summed E-state index contributed by atoms with van der Waals surface area (Å²) in [6.07, 6.45) is 0.940. The average Bonchev–Trinajstić information content (AvgIpc) is 2.27. The van der Waals surface area contributed by atoms with E-state index in [4.69, 9.17) is 5.73 Å². The van der Waals surface area contributed by atoms with Gasteiger partial charge < -0.3 is 15.8 Å². The highest BCUT2D eigenvalue weighted by Crippen LogP contribution is 2.30. The number of halogens is 2. The normalized spacial score (nSPS) is 28.4. The fourth-order valence-corrected chi connectivity index (χ4v) is 2.38. The van der Waals surface area contributed by atoms with E-state index in [1.54, 1.807) is 0 Å². The molecule has 106 valence electrons. The zero-order chi connectivity index (χ0) is 13.6. The van der Waals surface area contributed by atoms with E-state index >= 15 is 0 Å². The lowest BCUT2D eigenvalue weighted by molar-refractivity contribution is -0.128. The Hall–Kier alpha value is -0.750. The van der Waals surface area contributed by atoms with Crippen molar-refractivity contribution in [2.45, 2.75) is 44.6 Å². The van der Waals surface area contributed by atoms with Crippen molar-refractivity contribution in [3.63, 3.8) is 0 Å². The number of carbonyl (C=O) groups excluding carboxylic acids is 1. The van der Waals surface area contributed by atoms with Gasteiger partial charge in [0, 0.05) is 6.54 Å². The quantitative estimate of drug-likeness (QED) is 0.711. The van der Waals surface area contributed by atoms with Crippen LogP contribution in [0.2, 0.25) is 0 Å². The average molecular weight is 264 g/mol. The number of ether oxygens (including phenoxy) is 1. The Kier molecular flexibility index (Phi) is 5.95. The van der Waals surface area contributed by atoms with Gasteiger partial charge in [0.15, 0.2) is 0 Å². The van der Waals surface area contributed by atoms with Crippen molar-refractivity contribution in [1.29, 1.82) is 0 Å². The van der Waals surface area contributed by atoms with Crippen LogP contribution in [0.1, 0.15) is 32.6 Å². The first kappa shape index (κ1) is 15.3. The molecule has 0 bridgehead atoms. The molecule has 1 aliphatic carbocycles. The zero-order valence-corrected chi connectivity index (χ0v) is 10.8. The van der Waals surface area contributed by atoms with Crippen molar-refractivity contribution < 1.29 is 18.3 Å². The molecule has 0 radical (unpaired) electrons. The van der Waals surface area contributed by atoms with Crippen LogP contribution in [0.4, 0.5) is 8.78 Å². The van der Waals surface area contributed by atoms with Gasteiger partial charge in [0.05, 0.1) is 12.1 Å². The van der Waals surface area contributed by atoms with Crippen LogP contribution in [0.5, 0.6) is 0 Å². The van der Waals surface area contributed by atoms with Gasteiger partial charge in [0.1, 0.15) is 6.61 Å². The summed E-state index contributed by atoms with van der Waals surface area (Å²) in [6, 6.07) is 0. The highest BCUT2D eigenvalue weighted by atomic mass is 19.3. The Bertz CT molecular complexity index is 277. The van der Waals surface area contributed by atoms with Crippen molar-refractivity contribution in [3.8, 4) is 0 Å². The summed E-state index contributed by atoms with van der Waals surface area (Å²) < 4.78 is 28.2. The van der Waals surface area contributed by atoms with Gasteiger partial charge in [-0.3, -0.25) is 4.79 Å². The smallest absolute Gasteiger partial charge is 0.261 e. The molecule has 2 atom stereocenters. The minimum Gasteiger partial charge on any atom is -0.374 e. The zero-order valence-electron chi connectivity index (χ0n) is 10.8. The molecular formula is C12H22F2N2O2. The number of hydrogen-bond donors (Lipinski definition) is 2. The molecular weight excluding hydrogens is 242 g/mol. The molecule has 1 rings (SSSR count). The summed E-state index contributed by atoms with van der Waals surface area (Å²) >= 11 is 0. The lowest BCUT2D eigenvalue weighted by Gasteiger charge is -2.35. The molecule has 1 amide bonds. The summed E-state index contributed by atoms with van der Waals surface area (Å²) in [5.74, 6) is 0.249. The van der Waals surface area contributed by atoms with E-state index in [0.717, 1.165) is 12.8 Å². The third kappa shape index (κ3) is 4.86. The van der Waals surface area contributed by atoms with Crippen molar-refractivity contribution in [1.82, 2.24) is 5.32 Å². The Morgan fingerprint density at radius 3 is 2.94 bits per heavy atom. The predicted molar refractivity (Wildman–Crippen MR) is 64.4 cm³/mol. The van der Waals surface area contributed by atoms with Crippen LogP contribution in [0.25, 0.3) is 0 Å². The predicted octanol–water partition coefficient (Wildman–Crippen LogP) is 1.29. The minimum atomic E-state index is -2.47. The molecule has 0 aromatic rings. The first-order chi connectivity index (χ1) is 8.44. The number of nitrogens with two attached hydrogens (primary N) is 1. The number of amides is 1. The van der Waals surface area contributed by atoms with Crippen LogP contribution in [-0.2, 0) is 9.53 Å². The fourth-order valence-electron chi connectivity index (χ4n) is 2.38. The Morgan fingerprint density at radius 1 is 1.61 bits per heavy atom. The Labute approximate surface area is 106 Å². The molecule has 0 spiro atoms. The Balaban J connectivity index is 2.23. The lowest BCUT2D eigenvalue weighted by Crippen LogP contribution is -2.56. The van der Waals surface area contributed by atoms with E-state index < -0.39 is 18.6 Å². The number of hydrogen-bond acceptors (Lipinski definition) is 3. The van der Waals surface area contributed by atoms with Crippen molar-refractivity contribution in [2.75, 3.05) is 19.8 Å². The van der Waals surface area contributed by atoms with Gasteiger partial charge in [-0.2, -0.15) is 0 Å². The maximum absolute atomic E-state index is 11.9. The van der Waals surface area contributed by atoms with Crippen LogP contribution in [0.15, 0.2) is 0 Å². The molecule has 18 heavy (non-hydrogen) atoms. The fraction of sp³-hybridized carbons (Fsp3) is 0.917. The summed E-state index contributed by atoms with van der Waals surface area (Å²) in [6.45, 7) is 1.79. The number of carbonyl (C=O) groups is 1. The van der Waals surface area contributed by atoms with Gasteiger partial charge >= 0.3 is 0 Å². The minimum absolute atomic E-state index is 0.0850. The van der Waals surface area contributed by atoms with Crippen LogP contribution in [-0.4, -0.2) is 37.6 Å². The third-order valence-corrected chi connectivity index (χ3v) is 3.26. The highest BCUT2D eigenvalue weighted by molar-refractivity contribution is 5.86. The van der Waals surface area contributed by atoms with Gasteiger partial charge in [-0.1, -0.05) is 19.8 Å². The molecule has 4 nitrogen and oxygen atoms in total. The first-order valence-corrected chi connectivity index (χ1v) is 6.37. The van der Waals surface area contributed by atoms with Gasteiger partial charge in [-0.25, -0.2) is 8.78 Å². The summed E-state index contributed by atoms with van der Waals surface area (Å²) in [5.41, 5.74) is 5.28. The molecule has 1 aliphatic rings. The largest absolute Gasteiger partial charge is 0.374 e. The van der Waals surface area contributed by atoms with Gasteiger partial charge in [-0.15, -0.1) is 0 Å². The molecule has 0 aromatic carbocycles.